The van der Waals surface area contributed by atoms with Crippen molar-refractivity contribution >= 4 is 9.24 Å². The first kappa shape index (κ1) is 5.10. The normalized spacial score (nSPS) is 10.2. The van der Waals surface area contributed by atoms with Crippen LogP contribution in [0.1, 0.15) is 0 Å². The fourth-order valence-electron chi connectivity index (χ4n) is 0.0891. The van der Waals surface area contributed by atoms with Crippen molar-refractivity contribution in [3.8, 4) is 0 Å². The van der Waals surface area contributed by atoms with E-state index in [9.17, 15) is 4.39 Å². The van der Waals surface area contributed by atoms with Crippen LogP contribution in [-0.2, 0) is 0 Å². The van der Waals surface area contributed by atoms with E-state index in [-0.39, 0.29) is 0 Å². The zero-order valence-corrected chi connectivity index (χ0v) is 5.24. The van der Waals surface area contributed by atoms with E-state index in [0.717, 1.165) is 15.4 Å². The Morgan fingerprint density at radius 2 is 2.40 bits per heavy atom. The van der Waals surface area contributed by atoms with E-state index in [4.69, 9.17) is 0 Å². The quantitative estimate of drug-likeness (QED) is 0.422. The van der Waals surface area contributed by atoms with Gasteiger partial charge in [-0.05, 0) is 0 Å². The Kier molecular flexibility index (Phi) is 4.18. The summed E-state index contributed by atoms with van der Waals surface area (Å²) in [5, 5.41) is 0. The first-order valence-electron chi connectivity index (χ1n) is 1.67. The van der Waals surface area contributed by atoms with Crippen LogP contribution >= 0.6 is 9.24 Å². The molecule has 0 saturated carbocycles. The van der Waals surface area contributed by atoms with E-state index in [2.05, 4.69) is 0 Å². The minimum absolute atomic E-state index is 0.590. The van der Waals surface area contributed by atoms with Gasteiger partial charge >= 0.3 is 32.2 Å². The molecule has 0 aromatic rings. The van der Waals surface area contributed by atoms with Crippen LogP contribution in [0.2, 0.25) is 0 Å². The molecular formula is C3H8FP. The molecule has 0 nitrogen and oxygen atoms in total. The first-order chi connectivity index (χ1) is 2.41. The molecule has 0 N–H and O–H groups in total. The van der Waals surface area contributed by atoms with E-state index in [1.165, 1.54) is 6.08 Å². The van der Waals surface area contributed by atoms with E-state index >= 15 is 0 Å². The fourth-order valence-corrected chi connectivity index (χ4v) is 0.267. The fraction of sp³-hybridized carbons (Fsp3) is 0.333. The van der Waals surface area contributed by atoms with Crippen LogP contribution in [0.5, 0.6) is 0 Å². The van der Waals surface area contributed by atoms with Gasteiger partial charge in [0.05, 0.1) is 0 Å². The van der Waals surface area contributed by atoms with Crippen molar-refractivity contribution < 1.29 is 4.39 Å². The van der Waals surface area contributed by atoms with Crippen molar-refractivity contribution in [2.75, 3.05) is 6.16 Å². The number of halogens is 1. The molecule has 0 aliphatic rings. The number of hydrogen-bond donors (Lipinski definition) is 0. The van der Waals surface area contributed by atoms with Gasteiger partial charge in [0.15, 0.2) is 0 Å². The molecule has 2 heteroatoms. The number of rotatable bonds is 1. The Morgan fingerprint density at radius 1 is 1.80 bits per heavy atom. The van der Waals surface area contributed by atoms with E-state index in [1.807, 2.05) is 0 Å². The van der Waals surface area contributed by atoms with E-state index in [1.54, 1.807) is 0 Å². The predicted molar refractivity (Wildman–Crippen MR) is 27.6 cm³/mol. The third-order valence-corrected chi connectivity index (χ3v) is 0.796. The second kappa shape index (κ2) is 4.10. The molecule has 0 bridgehead atoms. The maximum atomic E-state index is 10.8. The summed E-state index contributed by atoms with van der Waals surface area (Å²) in [5.74, 6) is 0. The first-order valence-corrected chi connectivity index (χ1v) is 3.08. The molecule has 0 unspecified atom stereocenters. The van der Waals surface area contributed by atoms with Crippen LogP contribution in [0.15, 0.2) is 12.4 Å². The summed E-state index contributed by atoms with van der Waals surface area (Å²) >= 11 is 0. The van der Waals surface area contributed by atoms with Crippen LogP contribution < -0.4 is 0 Å². The molecule has 0 amide bonds. The summed E-state index contributed by atoms with van der Waals surface area (Å²) in [6, 6.07) is 0. The minimum atomic E-state index is 0.590. The molecule has 32 valence electrons. The van der Waals surface area contributed by atoms with Crippen LogP contribution in [0.4, 0.5) is 4.39 Å². The molecule has 0 fully saturated rings. The van der Waals surface area contributed by atoms with Crippen LogP contribution in [0.3, 0.4) is 0 Å². The van der Waals surface area contributed by atoms with Gasteiger partial charge in [-0.2, -0.15) is 0 Å². The van der Waals surface area contributed by atoms with Gasteiger partial charge in [0.1, 0.15) is 0 Å². The molecule has 0 rings (SSSR count). The van der Waals surface area contributed by atoms with Gasteiger partial charge < -0.3 is 0 Å². The molecule has 0 aromatic heterocycles. The second-order valence-electron chi connectivity index (χ2n) is 0.770. The van der Waals surface area contributed by atoms with Gasteiger partial charge in [-0.3, -0.25) is 0 Å². The molecule has 0 heterocycles. The van der Waals surface area contributed by atoms with E-state index < -0.39 is 0 Å². The zero-order valence-electron chi connectivity index (χ0n) is 3.24. The van der Waals surface area contributed by atoms with Gasteiger partial charge in [0, 0.05) is 0 Å². The molecule has 5 heavy (non-hydrogen) atoms. The Balaban J connectivity index is 2.62. The maximum absolute atomic E-state index is 10.8. The van der Waals surface area contributed by atoms with Crippen molar-refractivity contribution in [1.82, 2.24) is 0 Å². The van der Waals surface area contributed by atoms with Crippen LogP contribution in [-0.4, -0.2) is 6.16 Å². The van der Waals surface area contributed by atoms with Crippen molar-refractivity contribution in [2.24, 2.45) is 0 Å². The average Bonchev–Trinajstić information content (AvgIpc) is 1.41. The summed E-state index contributed by atoms with van der Waals surface area (Å²) in [6.07, 6.45) is 3.04. The second-order valence-corrected chi connectivity index (χ2v) is 1.59. The van der Waals surface area contributed by atoms with Crippen molar-refractivity contribution in [3.63, 3.8) is 0 Å². The molecule has 0 radical (unpaired) electrons. The van der Waals surface area contributed by atoms with Gasteiger partial charge in [-0.1, -0.05) is 0 Å². The number of hydrogen-bond acceptors (Lipinski definition) is 0. The van der Waals surface area contributed by atoms with Crippen molar-refractivity contribution in [1.29, 1.82) is 0 Å². The topological polar surface area (TPSA) is 0 Å². The third kappa shape index (κ3) is 4.10. The summed E-state index contributed by atoms with van der Waals surface area (Å²) in [4.78, 5) is 0. The molecule has 0 atom stereocenters. The average molecular weight is 94.1 g/mol. The Bertz CT molecular complexity index is 33.9. The van der Waals surface area contributed by atoms with Gasteiger partial charge in [0.2, 0.25) is 0 Å². The monoisotopic (exact) mass is 94.0 g/mol. The summed E-state index contributed by atoms with van der Waals surface area (Å²) in [6.45, 7) is 0. The molecule has 0 aromatic carbocycles. The predicted octanol–water partition coefficient (Wildman–Crippen LogP) is 0.809. The van der Waals surface area contributed by atoms with Crippen LogP contribution in [0, 0.1) is 0 Å². The van der Waals surface area contributed by atoms with Crippen LogP contribution in [0.25, 0.3) is 0 Å². The van der Waals surface area contributed by atoms with E-state index in [0.29, 0.717) is 6.33 Å². The molecule has 0 aliphatic carbocycles. The Labute approximate surface area is 33.3 Å². The van der Waals surface area contributed by atoms with Crippen molar-refractivity contribution in [2.45, 2.75) is 0 Å². The Hall–Kier alpha value is 0.100. The molecule has 0 spiro atoms. The summed E-state index contributed by atoms with van der Waals surface area (Å²) in [7, 11) is 1.07. The molecule has 0 saturated heterocycles. The molecular weight excluding hydrogens is 86.0 g/mol. The van der Waals surface area contributed by atoms with Gasteiger partial charge in [-0.25, -0.2) is 0 Å². The van der Waals surface area contributed by atoms with Gasteiger partial charge in [-0.15, -0.1) is 0 Å². The van der Waals surface area contributed by atoms with Gasteiger partial charge in [0.25, 0.3) is 0 Å². The number of allylic oxidation sites excluding steroid dienone is 1. The third-order valence-electron chi connectivity index (χ3n) is 0.325. The standard InChI is InChI=1S/C3H8FP/c4-2-1-3-5/h1-2H,3H2,5H4. The van der Waals surface area contributed by atoms with Crippen molar-refractivity contribution in [3.05, 3.63) is 12.4 Å². The summed E-state index contributed by atoms with van der Waals surface area (Å²) < 4.78 is 10.8. The zero-order chi connectivity index (χ0) is 4.12. The SMILES string of the molecule is FC=CC[PH4]. The molecule has 0 aliphatic heterocycles. The Morgan fingerprint density at radius 3 is 2.40 bits per heavy atom. The summed E-state index contributed by atoms with van der Waals surface area (Å²) in [5.41, 5.74) is 0.